The van der Waals surface area contributed by atoms with Gasteiger partial charge in [0, 0.05) is 25.4 Å². The lowest BCUT2D eigenvalue weighted by Gasteiger charge is -2.20. The van der Waals surface area contributed by atoms with Crippen molar-refractivity contribution in [3.8, 4) is 0 Å². The summed E-state index contributed by atoms with van der Waals surface area (Å²) >= 11 is 0. The van der Waals surface area contributed by atoms with Crippen LogP contribution in [0, 0.1) is 17.8 Å². The maximum atomic E-state index is 12.9. The zero-order valence-corrected chi connectivity index (χ0v) is 10.9. The molecule has 2 unspecified atom stereocenters. The molecule has 0 aromatic carbocycles. The summed E-state index contributed by atoms with van der Waals surface area (Å²) in [6, 6.07) is -0.389. The van der Waals surface area contributed by atoms with Gasteiger partial charge in [0.05, 0.1) is 0 Å². The minimum absolute atomic E-state index is 0.0498. The molecule has 2 saturated carbocycles. The van der Waals surface area contributed by atoms with Gasteiger partial charge in [0.1, 0.15) is 6.54 Å². The quantitative estimate of drug-likeness (QED) is 0.718. The summed E-state index contributed by atoms with van der Waals surface area (Å²) < 4.78 is 25.7. The Morgan fingerprint density at radius 2 is 2.00 bits per heavy atom. The summed E-state index contributed by atoms with van der Waals surface area (Å²) in [4.78, 5) is 26.3. The van der Waals surface area contributed by atoms with E-state index < -0.39 is 11.8 Å². The molecule has 106 valence electrons. The minimum Gasteiger partial charge on any atom is -0.315 e. The molecule has 1 heterocycles. The Hall–Kier alpha value is -1.20. The van der Waals surface area contributed by atoms with Gasteiger partial charge < -0.3 is 4.90 Å². The zero-order chi connectivity index (χ0) is 13.8. The van der Waals surface area contributed by atoms with Crippen molar-refractivity contribution >= 4 is 11.9 Å². The molecule has 0 N–H and O–H groups in total. The van der Waals surface area contributed by atoms with E-state index in [-0.39, 0.29) is 31.4 Å². The van der Waals surface area contributed by atoms with Crippen molar-refractivity contribution in [2.75, 3.05) is 19.6 Å². The number of nitrogens with zero attached hydrogens (tertiary/aromatic N) is 2. The Bertz CT molecular complexity index is 423. The molecule has 0 spiro atoms. The number of carbonyl (C=O) groups excluding carboxylic acids is 2. The third-order valence-electron chi connectivity index (χ3n) is 4.42. The number of hydrogen-bond acceptors (Lipinski definition) is 2. The summed E-state index contributed by atoms with van der Waals surface area (Å²) in [7, 11) is 0. The number of rotatable bonds is 5. The molecule has 0 bridgehead atoms. The van der Waals surface area contributed by atoms with Crippen molar-refractivity contribution in [1.82, 2.24) is 9.80 Å². The van der Waals surface area contributed by atoms with E-state index in [1.807, 2.05) is 0 Å². The standard InChI is InChI=1S/C13H18F2N2O2/c1-8(9-2-3-9)5-16-7-11(18)17(12(16)19)6-10-4-13(10,14)15/h8-10H,2-7H2,1H3. The predicted molar refractivity (Wildman–Crippen MR) is 63.6 cm³/mol. The van der Waals surface area contributed by atoms with E-state index in [2.05, 4.69) is 6.92 Å². The van der Waals surface area contributed by atoms with Crippen molar-refractivity contribution in [1.29, 1.82) is 0 Å². The molecule has 19 heavy (non-hydrogen) atoms. The Morgan fingerprint density at radius 3 is 2.53 bits per heavy atom. The second-order valence-corrected chi connectivity index (χ2v) is 6.14. The average Bonchev–Trinajstić information content (AvgIpc) is 3.20. The highest BCUT2D eigenvalue weighted by atomic mass is 19.3. The fourth-order valence-corrected chi connectivity index (χ4v) is 2.77. The van der Waals surface area contributed by atoms with Crippen molar-refractivity contribution in [2.45, 2.75) is 32.1 Å². The van der Waals surface area contributed by atoms with Crippen LogP contribution in [0.5, 0.6) is 0 Å². The van der Waals surface area contributed by atoms with E-state index in [9.17, 15) is 18.4 Å². The first kappa shape index (κ1) is 12.8. The number of imide groups is 1. The van der Waals surface area contributed by atoms with E-state index in [4.69, 9.17) is 0 Å². The topological polar surface area (TPSA) is 40.6 Å². The molecule has 0 aromatic rings. The maximum Gasteiger partial charge on any atom is 0.327 e. The Balaban J connectivity index is 1.57. The van der Waals surface area contributed by atoms with Gasteiger partial charge in [-0.2, -0.15) is 0 Å². The Morgan fingerprint density at radius 1 is 1.37 bits per heavy atom. The van der Waals surface area contributed by atoms with Crippen LogP contribution in [-0.2, 0) is 4.79 Å². The average molecular weight is 272 g/mol. The van der Waals surface area contributed by atoms with E-state index in [1.54, 1.807) is 0 Å². The summed E-state index contributed by atoms with van der Waals surface area (Å²) in [6.07, 6.45) is 2.17. The van der Waals surface area contributed by atoms with E-state index >= 15 is 0 Å². The van der Waals surface area contributed by atoms with Gasteiger partial charge in [0.15, 0.2) is 0 Å². The van der Waals surface area contributed by atoms with Crippen LogP contribution in [0.2, 0.25) is 0 Å². The van der Waals surface area contributed by atoms with E-state index in [1.165, 1.54) is 17.7 Å². The Labute approximate surface area is 110 Å². The fraction of sp³-hybridized carbons (Fsp3) is 0.846. The SMILES string of the molecule is CC(CN1CC(=O)N(CC2CC2(F)F)C1=O)C1CC1. The van der Waals surface area contributed by atoms with Crippen molar-refractivity contribution in [3.05, 3.63) is 0 Å². The normalized spacial score (nSPS) is 31.0. The first-order chi connectivity index (χ1) is 8.88. The highest BCUT2D eigenvalue weighted by molar-refractivity contribution is 6.02. The van der Waals surface area contributed by atoms with Crippen LogP contribution in [-0.4, -0.2) is 47.3 Å². The molecule has 2 atom stereocenters. The van der Waals surface area contributed by atoms with Crippen LogP contribution < -0.4 is 0 Å². The molecule has 3 aliphatic rings. The molecule has 4 nitrogen and oxygen atoms in total. The first-order valence-electron chi connectivity index (χ1n) is 6.85. The third kappa shape index (κ3) is 2.44. The van der Waals surface area contributed by atoms with Crippen LogP contribution in [0.4, 0.5) is 13.6 Å². The molecule has 6 heteroatoms. The lowest BCUT2D eigenvalue weighted by Crippen LogP contribution is -2.37. The number of amides is 3. The smallest absolute Gasteiger partial charge is 0.315 e. The second-order valence-electron chi connectivity index (χ2n) is 6.14. The summed E-state index contributed by atoms with van der Waals surface area (Å²) in [6.45, 7) is 2.56. The molecule has 0 aromatic heterocycles. The van der Waals surface area contributed by atoms with Crippen molar-refractivity contribution in [2.24, 2.45) is 17.8 Å². The molecule has 1 aliphatic heterocycles. The minimum atomic E-state index is -2.69. The number of alkyl halides is 2. The van der Waals surface area contributed by atoms with Crippen LogP contribution in [0.1, 0.15) is 26.2 Å². The van der Waals surface area contributed by atoms with Crippen LogP contribution in [0.15, 0.2) is 0 Å². The summed E-state index contributed by atoms with van der Waals surface area (Å²) in [5, 5.41) is 0. The molecule has 3 fully saturated rings. The highest BCUT2D eigenvalue weighted by Crippen LogP contribution is 2.49. The van der Waals surface area contributed by atoms with Gasteiger partial charge in [-0.15, -0.1) is 0 Å². The first-order valence-corrected chi connectivity index (χ1v) is 6.85. The second kappa shape index (κ2) is 4.15. The lowest BCUT2D eigenvalue weighted by molar-refractivity contribution is -0.125. The van der Waals surface area contributed by atoms with Crippen LogP contribution in [0.25, 0.3) is 0 Å². The molecule has 2 aliphatic carbocycles. The summed E-state index contributed by atoms with van der Waals surface area (Å²) in [5.74, 6) is -2.81. The molecule has 0 radical (unpaired) electrons. The van der Waals surface area contributed by atoms with Crippen LogP contribution in [0.3, 0.4) is 0 Å². The number of hydrogen-bond donors (Lipinski definition) is 0. The van der Waals surface area contributed by atoms with Gasteiger partial charge in [-0.05, 0) is 24.7 Å². The van der Waals surface area contributed by atoms with Gasteiger partial charge >= 0.3 is 6.03 Å². The van der Waals surface area contributed by atoms with Gasteiger partial charge in [-0.3, -0.25) is 9.69 Å². The predicted octanol–water partition coefficient (Wildman–Crippen LogP) is 1.95. The molecular formula is C13H18F2N2O2. The number of urea groups is 1. The van der Waals surface area contributed by atoms with Gasteiger partial charge in [0.2, 0.25) is 5.91 Å². The summed E-state index contributed by atoms with van der Waals surface area (Å²) in [5.41, 5.74) is 0. The van der Waals surface area contributed by atoms with E-state index in [0.29, 0.717) is 18.4 Å². The highest BCUT2D eigenvalue weighted by Gasteiger charge is 2.58. The molecule has 3 amide bonds. The monoisotopic (exact) mass is 272 g/mol. The molecule has 1 saturated heterocycles. The van der Waals surface area contributed by atoms with Crippen molar-refractivity contribution in [3.63, 3.8) is 0 Å². The van der Waals surface area contributed by atoms with Crippen LogP contribution >= 0.6 is 0 Å². The lowest BCUT2D eigenvalue weighted by atomic mass is 10.1. The maximum absolute atomic E-state index is 12.9. The van der Waals surface area contributed by atoms with Gasteiger partial charge in [0.25, 0.3) is 5.92 Å². The van der Waals surface area contributed by atoms with E-state index in [0.717, 1.165) is 4.90 Å². The molecule has 3 rings (SSSR count). The van der Waals surface area contributed by atoms with Gasteiger partial charge in [-0.25, -0.2) is 13.6 Å². The van der Waals surface area contributed by atoms with Gasteiger partial charge in [-0.1, -0.05) is 6.92 Å². The third-order valence-corrected chi connectivity index (χ3v) is 4.42. The zero-order valence-electron chi connectivity index (χ0n) is 10.9. The fourth-order valence-electron chi connectivity index (χ4n) is 2.77. The Kier molecular flexibility index (Phi) is 2.80. The number of halogens is 2. The molecular weight excluding hydrogens is 254 g/mol. The largest absolute Gasteiger partial charge is 0.327 e. The number of carbonyl (C=O) groups is 2. The van der Waals surface area contributed by atoms with Crippen molar-refractivity contribution < 1.29 is 18.4 Å².